The number of nitrogens with one attached hydrogen (secondary N) is 2. The number of rotatable bonds is 3. The third-order valence-electron chi connectivity index (χ3n) is 2.61. The normalized spacial score (nSPS) is 11.0. The molecule has 0 bridgehead atoms. The van der Waals surface area contributed by atoms with E-state index in [4.69, 9.17) is 0 Å². The summed E-state index contributed by atoms with van der Waals surface area (Å²) in [7, 11) is 0. The molecule has 4 nitrogen and oxygen atoms in total. The lowest BCUT2D eigenvalue weighted by Crippen LogP contribution is -2.26. The summed E-state index contributed by atoms with van der Waals surface area (Å²) >= 11 is 3.35. The highest BCUT2D eigenvalue weighted by atomic mass is 79.9. The number of amides is 1. The number of hydrogen-bond acceptors (Lipinski definition) is 3. The van der Waals surface area contributed by atoms with Gasteiger partial charge in [-0.1, -0.05) is 22.0 Å². The first-order valence-corrected chi connectivity index (χ1v) is 7.44. The molecule has 2 N–H and O–H groups in total. The van der Waals surface area contributed by atoms with Crippen LogP contribution >= 0.6 is 15.9 Å². The standard InChI is InChI=1S/C16H18BrN3O/c1-16(2,3)20-13-7-8-14(18-10-13)19-15(21)11-5-4-6-12(17)9-11/h4-10,20H,1-3H3,(H,18,19,21). The number of nitrogens with zero attached hydrogens (tertiary/aromatic N) is 1. The molecular weight excluding hydrogens is 330 g/mol. The Hall–Kier alpha value is -1.88. The molecule has 0 spiro atoms. The number of anilines is 2. The molecule has 1 aromatic heterocycles. The second kappa shape index (κ2) is 6.26. The summed E-state index contributed by atoms with van der Waals surface area (Å²) in [5, 5.41) is 6.10. The van der Waals surface area contributed by atoms with Crippen LogP contribution in [-0.4, -0.2) is 16.4 Å². The van der Waals surface area contributed by atoms with Crippen molar-refractivity contribution in [2.45, 2.75) is 26.3 Å². The van der Waals surface area contributed by atoms with Crippen molar-refractivity contribution < 1.29 is 4.79 Å². The van der Waals surface area contributed by atoms with Gasteiger partial charge in [0.1, 0.15) is 5.82 Å². The highest BCUT2D eigenvalue weighted by Crippen LogP contribution is 2.16. The van der Waals surface area contributed by atoms with Crippen LogP contribution in [0, 0.1) is 0 Å². The molecule has 0 saturated carbocycles. The molecule has 21 heavy (non-hydrogen) atoms. The van der Waals surface area contributed by atoms with Gasteiger partial charge in [0, 0.05) is 15.6 Å². The van der Waals surface area contributed by atoms with Gasteiger partial charge in [0.05, 0.1) is 11.9 Å². The summed E-state index contributed by atoms with van der Waals surface area (Å²) in [5.74, 6) is 0.347. The predicted molar refractivity (Wildman–Crippen MR) is 89.7 cm³/mol. The molecule has 0 atom stereocenters. The molecule has 0 saturated heterocycles. The zero-order valence-corrected chi connectivity index (χ0v) is 13.9. The Morgan fingerprint density at radius 1 is 1.19 bits per heavy atom. The van der Waals surface area contributed by atoms with Crippen LogP contribution in [0.1, 0.15) is 31.1 Å². The molecule has 0 fully saturated rings. The van der Waals surface area contributed by atoms with Gasteiger partial charge in [0.15, 0.2) is 0 Å². The minimum atomic E-state index is -0.180. The third kappa shape index (κ3) is 4.86. The minimum absolute atomic E-state index is 0.0250. The number of benzene rings is 1. The van der Waals surface area contributed by atoms with E-state index in [1.807, 2.05) is 18.2 Å². The van der Waals surface area contributed by atoms with Crippen LogP contribution < -0.4 is 10.6 Å². The van der Waals surface area contributed by atoms with Gasteiger partial charge in [-0.2, -0.15) is 0 Å². The SMILES string of the molecule is CC(C)(C)Nc1ccc(NC(=O)c2cccc(Br)c2)nc1. The Morgan fingerprint density at radius 2 is 1.95 bits per heavy atom. The number of hydrogen-bond donors (Lipinski definition) is 2. The topological polar surface area (TPSA) is 54.0 Å². The van der Waals surface area contributed by atoms with Gasteiger partial charge in [-0.25, -0.2) is 4.98 Å². The van der Waals surface area contributed by atoms with E-state index in [0.717, 1.165) is 10.2 Å². The molecule has 2 rings (SSSR count). The van der Waals surface area contributed by atoms with Crippen LogP contribution in [0.5, 0.6) is 0 Å². The van der Waals surface area contributed by atoms with Crippen molar-refractivity contribution in [3.63, 3.8) is 0 Å². The summed E-state index contributed by atoms with van der Waals surface area (Å²) in [5.41, 5.74) is 1.48. The van der Waals surface area contributed by atoms with Gasteiger partial charge in [-0.15, -0.1) is 0 Å². The van der Waals surface area contributed by atoms with Crippen LogP contribution in [0.15, 0.2) is 47.1 Å². The van der Waals surface area contributed by atoms with Crippen LogP contribution in [0.2, 0.25) is 0 Å². The lowest BCUT2D eigenvalue weighted by atomic mass is 10.1. The predicted octanol–water partition coefficient (Wildman–Crippen LogP) is 4.31. The van der Waals surface area contributed by atoms with Crippen LogP contribution in [0.25, 0.3) is 0 Å². The Kier molecular flexibility index (Phi) is 4.63. The summed E-state index contributed by atoms with van der Waals surface area (Å²) in [4.78, 5) is 16.3. The van der Waals surface area contributed by atoms with E-state index < -0.39 is 0 Å². The van der Waals surface area contributed by atoms with E-state index in [-0.39, 0.29) is 11.4 Å². The zero-order chi connectivity index (χ0) is 15.5. The van der Waals surface area contributed by atoms with Gasteiger partial charge < -0.3 is 10.6 Å². The van der Waals surface area contributed by atoms with Crippen molar-refractivity contribution in [2.24, 2.45) is 0 Å². The lowest BCUT2D eigenvalue weighted by Gasteiger charge is -2.21. The summed E-state index contributed by atoms with van der Waals surface area (Å²) in [6.07, 6.45) is 1.71. The Labute approximate surface area is 133 Å². The number of halogens is 1. The van der Waals surface area contributed by atoms with Crippen LogP contribution in [-0.2, 0) is 0 Å². The second-order valence-electron chi connectivity index (χ2n) is 5.77. The average molecular weight is 348 g/mol. The molecule has 0 unspecified atom stereocenters. The van der Waals surface area contributed by atoms with E-state index in [1.165, 1.54) is 0 Å². The lowest BCUT2D eigenvalue weighted by molar-refractivity contribution is 0.102. The summed E-state index contributed by atoms with van der Waals surface area (Å²) in [6.45, 7) is 6.24. The largest absolute Gasteiger partial charge is 0.379 e. The molecule has 0 aliphatic carbocycles. The van der Waals surface area contributed by atoms with Gasteiger partial charge in [-0.3, -0.25) is 4.79 Å². The Balaban J connectivity index is 2.05. The zero-order valence-electron chi connectivity index (χ0n) is 12.3. The fourth-order valence-electron chi connectivity index (χ4n) is 1.79. The minimum Gasteiger partial charge on any atom is -0.379 e. The van der Waals surface area contributed by atoms with Gasteiger partial charge in [0.25, 0.3) is 5.91 Å². The molecule has 1 aromatic carbocycles. The van der Waals surface area contributed by atoms with Crippen molar-refractivity contribution in [1.29, 1.82) is 0 Å². The molecule has 0 aliphatic heterocycles. The number of carbonyl (C=O) groups is 1. The van der Waals surface area contributed by atoms with E-state index >= 15 is 0 Å². The monoisotopic (exact) mass is 347 g/mol. The van der Waals surface area contributed by atoms with Crippen molar-refractivity contribution in [3.8, 4) is 0 Å². The average Bonchev–Trinajstić information content (AvgIpc) is 2.39. The molecule has 1 heterocycles. The van der Waals surface area contributed by atoms with Gasteiger partial charge in [-0.05, 0) is 51.1 Å². The van der Waals surface area contributed by atoms with E-state index in [0.29, 0.717) is 11.4 Å². The van der Waals surface area contributed by atoms with Crippen molar-refractivity contribution in [3.05, 3.63) is 52.6 Å². The molecule has 1 amide bonds. The number of pyridine rings is 1. The summed E-state index contributed by atoms with van der Waals surface area (Å²) < 4.78 is 0.868. The van der Waals surface area contributed by atoms with E-state index in [1.54, 1.807) is 24.4 Å². The first kappa shape index (κ1) is 15.5. The smallest absolute Gasteiger partial charge is 0.256 e. The van der Waals surface area contributed by atoms with Crippen molar-refractivity contribution >= 4 is 33.3 Å². The van der Waals surface area contributed by atoms with Gasteiger partial charge in [0.2, 0.25) is 0 Å². The van der Waals surface area contributed by atoms with E-state index in [9.17, 15) is 4.79 Å². The Bertz CT molecular complexity index is 633. The quantitative estimate of drug-likeness (QED) is 0.869. The maximum absolute atomic E-state index is 12.1. The highest BCUT2D eigenvalue weighted by Gasteiger charge is 2.10. The molecular formula is C16H18BrN3O. The molecule has 5 heteroatoms. The highest BCUT2D eigenvalue weighted by molar-refractivity contribution is 9.10. The number of aromatic nitrogens is 1. The first-order valence-electron chi connectivity index (χ1n) is 6.65. The van der Waals surface area contributed by atoms with Crippen LogP contribution in [0.4, 0.5) is 11.5 Å². The fraction of sp³-hybridized carbons (Fsp3) is 0.250. The first-order chi connectivity index (χ1) is 9.83. The maximum Gasteiger partial charge on any atom is 0.256 e. The molecule has 2 aromatic rings. The Morgan fingerprint density at radius 3 is 2.52 bits per heavy atom. The van der Waals surface area contributed by atoms with Crippen molar-refractivity contribution in [1.82, 2.24) is 4.98 Å². The van der Waals surface area contributed by atoms with Crippen molar-refractivity contribution in [2.75, 3.05) is 10.6 Å². The van der Waals surface area contributed by atoms with Gasteiger partial charge >= 0.3 is 0 Å². The molecule has 0 aliphatic rings. The van der Waals surface area contributed by atoms with Crippen LogP contribution in [0.3, 0.4) is 0 Å². The maximum atomic E-state index is 12.1. The molecule has 110 valence electrons. The summed E-state index contributed by atoms with van der Waals surface area (Å²) in [6, 6.07) is 10.9. The number of carbonyl (C=O) groups excluding carboxylic acids is 1. The third-order valence-corrected chi connectivity index (χ3v) is 3.10. The second-order valence-corrected chi connectivity index (χ2v) is 6.69. The van der Waals surface area contributed by atoms with E-state index in [2.05, 4.69) is 52.3 Å². The molecule has 0 radical (unpaired) electrons. The fourth-order valence-corrected chi connectivity index (χ4v) is 2.19.